The van der Waals surface area contributed by atoms with Crippen molar-refractivity contribution in [1.29, 1.82) is 0 Å². The summed E-state index contributed by atoms with van der Waals surface area (Å²) in [7, 11) is 0. The molecule has 0 aromatic heterocycles. The number of hydrogen-bond acceptors (Lipinski definition) is 2. The molecule has 100 valence electrons. The van der Waals surface area contributed by atoms with Crippen molar-refractivity contribution in [2.45, 2.75) is 6.92 Å². The second kappa shape index (κ2) is 6.29. The van der Waals surface area contributed by atoms with Gasteiger partial charge in [-0.05, 0) is 30.7 Å². The van der Waals surface area contributed by atoms with Crippen LogP contribution in [0.5, 0.6) is 5.75 Å². The lowest BCUT2D eigenvalue weighted by Gasteiger charge is -2.10. The van der Waals surface area contributed by atoms with E-state index in [1.165, 1.54) is 30.3 Å². The van der Waals surface area contributed by atoms with Crippen LogP contribution in [0.3, 0.4) is 0 Å². The van der Waals surface area contributed by atoms with Crippen LogP contribution in [0.1, 0.15) is 6.92 Å². The molecule has 2 aromatic carbocycles. The van der Waals surface area contributed by atoms with Gasteiger partial charge in [0.05, 0.1) is 0 Å². The van der Waals surface area contributed by atoms with Crippen molar-refractivity contribution in [2.75, 3.05) is 13.4 Å². The number of rotatable bonds is 5. The number of hydrogen-bond donors (Lipinski definition) is 0. The minimum Gasteiger partial charge on any atom is -0.464 e. The highest BCUT2D eigenvalue weighted by Gasteiger charge is 2.10. The van der Waals surface area contributed by atoms with Crippen molar-refractivity contribution in [3.05, 3.63) is 54.1 Å². The standard InChI is InChI=1S/C15H14F2O2/c1-2-18-10-19-14-5-3-4-13(15(14)17)11-6-8-12(16)9-7-11/h3-9H,2,10H2,1H3. The Labute approximate surface area is 110 Å². The second-order valence-corrected chi connectivity index (χ2v) is 3.88. The second-order valence-electron chi connectivity index (χ2n) is 3.88. The van der Waals surface area contributed by atoms with Crippen LogP contribution < -0.4 is 4.74 Å². The average Bonchev–Trinajstić information content (AvgIpc) is 2.42. The Hall–Kier alpha value is -1.94. The predicted octanol–water partition coefficient (Wildman–Crippen LogP) is 4.00. The smallest absolute Gasteiger partial charge is 0.189 e. The van der Waals surface area contributed by atoms with Crippen molar-refractivity contribution in [3.63, 3.8) is 0 Å². The van der Waals surface area contributed by atoms with Crippen LogP contribution in [0, 0.1) is 11.6 Å². The van der Waals surface area contributed by atoms with Crippen molar-refractivity contribution >= 4 is 0 Å². The Morgan fingerprint density at radius 2 is 1.74 bits per heavy atom. The maximum absolute atomic E-state index is 14.2. The van der Waals surface area contributed by atoms with Gasteiger partial charge in [0.15, 0.2) is 18.4 Å². The normalized spacial score (nSPS) is 10.5. The molecule has 0 amide bonds. The monoisotopic (exact) mass is 264 g/mol. The summed E-state index contributed by atoms with van der Waals surface area (Å²) in [4.78, 5) is 0. The molecule has 0 saturated heterocycles. The highest BCUT2D eigenvalue weighted by molar-refractivity contribution is 5.65. The van der Waals surface area contributed by atoms with E-state index in [4.69, 9.17) is 9.47 Å². The molecule has 4 heteroatoms. The molecule has 0 bridgehead atoms. The van der Waals surface area contributed by atoms with Gasteiger partial charge in [0.2, 0.25) is 0 Å². The molecule has 0 N–H and O–H groups in total. The highest BCUT2D eigenvalue weighted by Crippen LogP contribution is 2.29. The zero-order valence-corrected chi connectivity index (χ0v) is 10.5. The third-order valence-electron chi connectivity index (χ3n) is 2.62. The third-order valence-corrected chi connectivity index (χ3v) is 2.62. The SMILES string of the molecule is CCOCOc1cccc(-c2ccc(F)cc2)c1F. The molecule has 0 aliphatic carbocycles. The molecule has 0 fully saturated rings. The molecule has 0 spiro atoms. The Morgan fingerprint density at radius 3 is 2.42 bits per heavy atom. The molecule has 0 aliphatic rings. The van der Waals surface area contributed by atoms with Crippen molar-refractivity contribution in [3.8, 4) is 16.9 Å². The summed E-state index contributed by atoms with van der Waals surface area (Å²) in [5.41, 5.74) is 0.967. The summed E-state index contributed by atoms with van der Waals surface area (Å²) in [6, 6.07) is 10.5. The van der Waals surface area contributed by atoms with E-state index in [1.54, 1.807) is 12.1 Å². The van der Waals surface area contributed by atoms with E-state index in [-0.39, 0.29) is 18.4 Å². The lowest BCUT2D eigenvalue weighted by molar-refractivity contribution is 0.0202. The summed E-state index contributed by atoms with van der Waals surface area (Å²) in [5, 5.41) is 0. The van der Waals surface area contributed by atoms with Gasteiger partial charge in [0, 0.05) is 12.2 Å². The maximum Gasteiger partial charge on any atom is 0.189 e. The molecule has 0 atom stereocenters. The Kier molecular flexibility index (Phi) is 4.47. The van der Waals surface area contributed by atoms with Crippen LogP contribution >= 0.6 is 0 Å². The zero-order valence-electron chi connectivity index (χ0n) is 10.5. The van der Waals surface area contributed by atoms with E-state index < -0.39 is 5.82 Å². The van der Waals surface area contributed by atoms with Crippen molar-refractivity contribution < 1.29 is 18.3 Å². The lowest BCUT2D eigenvalue weighted by atomic mass is 10.0. The molecule has 2 aromatic rings. The summed E-state index contributed by atoms with van der Waals surface area (Å²) in [6.07, 6.45) is 0. The van der Waals surface area contributed by atoms with Crippen LogP contribution in [0.2, 0.25) is 0 Å². The molecule has 0 saturated carbocycles. The largest absolute Gasteiger partial charge is 0.464 e. The van der Waals surface area contributed by atoms with Crippen molar-refractivity contribution in [1.82, 2.24) is 0 Å². The number of halogens is 2. The fraction of sp³-hybridized carbons (Fsp3) is 0.200. The maximum atomic E-state index is 14.2. The van der Waals surface area contributed by atoms with Gasteiger partial charge >= 0.3 is 0 Å². The third kappa shape index (κ3) is 3.29. The van der Waals surface area contributed by atoms with E-state index in [1.807, 2.05) is 6.92 Å². The Morgan fingerprint density at radius 1 is 1.00 bits per heavy atom. The highest BCUT2D eigenvalue weighted by atomic mass is 19.1. The van der Waals surface area contributed by atoms with Gasteiger partial charge in [-0.1, -0.05) is 24.3 Å². The summed E-state index contributed by atoms with van der Waals surface area (Å²) >= 11 is 0. The first kappa shape index (κ1) is 13.5. The van der Waals surface area contributed by atoms with Gasteiger partial charge in [-0.25, -0.2) is 8.78 Å². The molecular weight excluding hydrogens is 250 g/mol. The Bertz CT molecular complexity index is 538. The molecular formula is C15H14F2O2. The zero-order chi connectivity index (χ0) is 13.7. The van der Waals surface area contributed by atoms with E-state index in [0.29, 0.717) is 17.7 Å². The van der Waals surface area contributed by atoms with Gasteiger partial charge in [-0.2, -0.15) is 0 Å². The van der Waals surface area contributed by atoms with E-state index in [9.17, 15) is 8.78 Å². The Balaban J connectivity index is 2.26. The van der Waals surface area contributed by atoms with Crippen LogP contribution in [0.15, 0.2) is 42.5 Å². The minimum atomic E-state index is -0.478. The van der Waals surface area contributed by atoms with Crippen molar-refractivity contribution in [2.24, 2.45) is 0 Å². The summed E-state index contributed by atoms with van der Waals surface area (Å²) < 4.78 is 37.3. The number of benzene rings is 2. The van der Waals surface area contributed by atoms with E-state index >= 15 is 0 Å². The molecule has 2 rings (SSSR count). The van der Waals surface area contributed by atoms with Crippen LogP contribution in [-0.4, -0.2) is 13.4 Å². The predicted molar refractivity (Wildman–Crippen MR) is 68.9 cm³/mol. The minimum absolute atomic E-state index is 0.000289. The number of ether oxygens (including phenoxy) is 2. The molecule has 0 heterocycles. The van der Waals surface area contributed by atoms with Crippen LogP contribution in [0.4, 0.5) is 8.78 Å². The van der Waals surface area contributed by atoms with Crippen LogP contribution in [0.25, 0.3) is 11.1 Å². The van der Waals surface area contributed by atoms with Crippen LogP contribution in [-0.2, 0) is 4.74 Å². The molecule has 0 unspecified atom stereocenters. The van der Waals surface area contributed by atoms with Gasteiger partial charge in [0.1, 0.15) is 5.82 Å². The first-order chi connectivity index (χ1) is 9.22. The molecule has 0 aliphatic heterocycles. The first-order valence-corrected chi connectivity index (χ1v) is 5.97. The quantitative estimate of drug-likeness (QED) is 0.600. The van der Waals surface area contributed by atoms with Gasteiger partial charge in [-0.15, -0.1) is 0 Å². The summed E-state index contributed by atoms with van der Waals surface area (Å²) in [5.74, 6) is -0.711. The van der Waals surface area contributed by atoms with E-state index in [0.717, 1.165) is 0 Å². The fourth-order valence-electron chi connectivity index (χ4n) is 1.66. The van der Waals surface area contributed by atoms with Gasteiger partial charge in [0.25, 0.3) is 0 Å². The fourth-order valence-corrected chi connectivity index (χ4v) is 1.66. The molecule has 0 radical (unpaired) electrons. The first-order valence-electron chi connectivity index (χ1n) is 5.97. The molecule has 2 nitrogen and oxygen atoms in total. The lowest BCUT2D eigenvalue weighted by Crippen LogP contribution is -2.03. The van der Waals surface area contributed by atoms with Gasteiger partial charge < -0.3 is 9.47 Å². The topological polar surface area (TPSA) is 18.5 Å². The average molecular weight is 264 g/mol. The summed E-state index contributed by atoms with van der Waals surface area (Å²) in [6.45, 7) is 2.33. The molecule has 19 heavy (non-hydrogen) atoms. The van der Waals surface area contributed by atoms with E-state index in [2.05, 4.69) is 0 Å². The van der Waals surface area contributed by atoms with Gasteiger partial charge in [-0.3, -0.25) is 0 Å².